The minimum atomic E-state index is 0.674. The first-order valence-electron chi connectivity index (χ1n) is 4.53. The molecule has 1 radical (unpaired) electrons. The molecule has 59 valence electrons. The first-order valence-corrected chi connectivity index (χ1v) is 4.53. The second-order valence-electron chi connectivity index (χ2n) is 4.00. The average molecular weight is 139 g/mol. The standard InChI is InChI=1S/C10H19/c1-8(2)10-6-4-9(3)5-7-10/h8-10H,1,4-7H2,2-3H3. The van der Waals surface area contributed by atoms with Crippen molar-refractivity contribution >= 4 is 0 Å². The van der Waals surface area contributed by atoms with Gasteiger partial charge in [0, 0.05) is 0 Å². The molecule has 0 saturated heterocycles. The van der Waals surface area contributed by atoms with Crippen molar-refractivity contribution in [2.24, 2.45) is 17.8 Å². The molecule has 1 atom stereocenters. The van der Waals surface area contributed by atoms with Crippen molar-refractivity contribution in [3.8, 4) is 0 Å². The number of hydrogen-bond donors (Lipinski definition) is 0. The normalized spacial score (nSPS) is 34.8. The lowest BCUT2D eigenvalue weighted by molar-refractivity contribution is 0.248. The minimum Gasteiger partial charge on any atom is -0.0625 e. The minimum absolute atomic E-state index is 0.674. The summed E-state index contributed by atoms with van der Waals surface area (Å²) >= 11 is 0. The average Bonchev–Trinajstić information content (AvgIpc) is 1.88. The molecule has 1 unspecified atom stereocenters. The van der Waals surface area contributed by atoms with Crippen LogP contribution in [0.4, 0.5) is 0 Å². The van der Waals surface area contributed by atoms with Crippen molar-refractivity contribution in [3.05, 3.63) is 6.92 Å². The maximum absolute atomic E-state index is 4.09. The van der Waals surface area contributed by atoms with Crippen LogP contribution in [0.15, 0.2) is 0 Å². The van der Waals surface area contributed by atoms with Crippen LogP contribution in [0, 0.1) is 24.7 Å². The quantitative estimate of drug-likeness (QED) is 0.523. The lowest BCUT2D eigenvalue weighted by Gasteiger charge is -2.28. The highest BCUT2D eigenvalue weighted by Crippen LogP contribution is 2.32. The molecule has 0 aliphatic heterocycles. The lowest BCUT2D eigenvalue weighted by Crippen LogP contribution is -2.16. The lowest BCUT2D eigenvalue weighted by atomic mass is 9.78. The topological polar surface area (TPSA) is 0 Å². The SMILES string of the molecule is [CH2]C(C)C1CCC(C)CC1. The summed E-state index contributed by atoms with van der Waals surface area (Å²) in [5, 5.41) is 0. The predicted octanol–water partition coefficient (Wildman–Crippen LogP) is 3.28. The molecule has 1 fully saturated rings. The highest BCUT2D eigenvalue weighted by Gasteiger charge is 2.20. The molecule has 10 heavy (non-hydrogen) atoms. The molecule has 0 heterocycles. The predicted molar refractivity (Wildman–Crippen MR) is 45.6 cm³/mol. The number of hydrogen-bond acceptors (Lipinski definition) is 0. The van der Waals surface area contributed by atoms with Crippen LogP contribution in [0.25, 0.3) is 0 Å². The van der Waals surface area contributed by atoms with E-state index in [0.717, 1.165) is 11.8 Å². The third-order valence-electron chi connectivity index (χ3n) is 2.87. The van der Waals surface area contributed by atoms with Crippen molar-refractivity contribution in [1.29, 1.82) is 0 Å². The Bertz CT molecular complexity index is 86.2. The van der Waals surface area contributed by atoms with Gasteiger partial charge in [0.15, 0.2) is 0 Å². The molecule has 1 aliphatic rings. The van der Waals surface area contributed by atoms with E-state index in [9.17, 15) is 0 Å². The summed E-state index contributed by atoms with van der Waals surface area (Å²) in [7, 11) is 0. The van der Waals surface area contributed by atoms with Gasteiger partial charge in [-0.3, -0.25) is 0 Å². The van der Waals surface area contributed by atoms with Crippen LogP contribution >= 0.6 is 0 Å². The van der Waals surface area contributed by atoms with Gasteiger partial charge in [-0.15, -0.1) is 0 Å². The molecular weight excluding hydrogens is 120 g/mol. The molecule has 0 heteroatoms. The second-order valence-corrected chi connectivity index (χ2v) is 4.00. The van der Waals surface area contributed by atoms with Crippen LogP contribution in [0.1, 0.15) is 39.5 Å². The molecular formula is C10H19. The van der Waals surface area contributed by atoms with Crippen LogP contribution in [0.2, 0.25) is 0 Å². The van der Waals surface area contributed by atoms with Crippen molar-refractivity contribution in [2.75, 3.05) is 0 Å². The molecule has 1 saturated carbocycles. The maximum Gasteiger partial charge on any atom is -0.0388 e. The van der Waals surface area contributed by atoms with Crippen molar-refractivity contribution in [2.45, 2.75) is 39.5 Å². The van der Waals surface area contributed by atoms with Gasteiger partial charge in [-0.05, 0) is 30.6 Å². The van der Waals surface area contributed by atoms with Gasteiger partial charge in [-0.25, -0.2) is 0 Å². The zero-order chi connectivity index (χ0) is 7.56. The Kier molecular flexibility index (Phi) is 2.76. The van der Waals surface area contributed by atoms with E-state index < -0.39 is 0 Å². The fourth-order valence-electron chi connectivity index (χ4n) is 1.85. The van der Waals surface area contributed by atoms with Crippen molar-refractivity contribution in [3.63, 3.8) is 0 Å². The fraction of sp³-hybridized carbons (Fsp3) is 0.900. The molecule has 0 aromatic carbocycles. The summed E-state index contributed by atoms with van der Waals surface area (Å²) in [5.41, 5.74) is 0. The Hall–Kier alpha value is 0. The third-order valence-corrected chi connectivity index (χ3v) is 2.87. The molecule has 0 N–H and O–H groups in total. The van der Waals surface area contributed by atoms with E-state index in [1.807, 2.05) is 0 Å². The monoisotopic (exact) mass is 139 g/mol. The molecule has 1 rings (SSSR count). The molecule has 0 nitrogen and oxygen atoms in total. The van der Waals surface area contributed by atoms with Gasteiger partial charge in [-0.2, -0.15) is 0 Å². The van der Waals surface area contributed by atoms with Crippen LogP contribution in [-0.2, 0) is 0 Å². The zero-order valence-corrected chi connectivity index (χ0v) is 7.27. The van der Waals surface area contributed by atoms with E-state index in [4.69, 9.17) is 0 Å². The Labute approximate surface area is 65.0 Å². The van der Waals surface area contributed by atoms with Crippen LogP contribution in [-0.4, -0.2) is 0 Å². The van der Waals surface area contributed by atoms with Gasteiger partial charge in [0.1, 0.15) is 0 Å². The van der Waals surface area contributed by atoms with Gasteiger partial charge in [-0.1, -0.05) is 33.6 Å². The molecule has 0 bridgehead atoms. The van der Waals surface area contributed by atoms with Gasteiger partial charge >= 0.3 is 0 Å². The fourth-order valence-corrected chi connectivity index (χ4v) is 1.85. The van der Waals surface area contributed by atoms with Crippen LogP contribution in [0.5, 0.6) is 0 Å². The van der Waals surface area contributed by atoms with Gasteiger partial charge in [0.2, 0.25) is 0 Å². The Morgan fingerprint density at radius 1 is 1.20 bits per heavy atom. The maximum atomic E-state index is 4.09. The summed E-state index contributed by atoms with van der Waals surface area (Å²) in [6.07, 6.45) is 5.72. The van der Waals surface area contributed by atoms with E-state index in [1.54, 1.807) is 0 Å². The summed E-state index contributed by atoms with van der Waals surface area (Å²) in [6.45, 7) is 8.70. The molecule has 1 aliphatic carbocycles. The Morgan fingerprint density at radius 3 is 2.10 bits per heavy atom. The molecule has 0 aromatic heterocycles. The first-order chi connectivity index (χ1) is 4.70. The van der Waals surface area contributed by atoms with E-state index in [1.165, 1.54) is 25.7 Å². The second kappa shape index (κ2) is 3.41. The first kappa shape index (κ1) is 8.10. The molecule has 0 amide bonds. The van der Waals surface area contributed by atoms with Crippen LogP contribution in [0.3, 0.4) is 0 Å². The summed E-state index contributed by atoms with van der Waals surface area (Å²) < 4.78 is 0. The smallest absolute Gasteiger partial charge is 0.0388 e. The highest BCUT2D eigenvalue weighted by molar-refractivity contribution is 4.74. The third kappa shape index (κ3) is 2.00. The van der Waals surface area contributed by atoms with E-state index in [2.05, 4.69) is 20.8 Å². The van der Waals surface area contributed by atoms with E-state index >= 15 is 0 Å². The molecule has 0 spiro atoms. The molecule has 0 aromatic rings. The van der Waals surface area contributed by atoms with Gasteiger partial charge < -0.3 is 0 Å². The largest absolute Gasteiger partial charge is 0.0625 e. The van der Waals surface area contributed by atoms with Crippen molar-refractivity contribution in [1.82, 2.24) is 0 Å². The summed E-state index contributed by atoms with van der Waals surface area (Å²) in [4.78, 5) is 0. The van der Waals surface area contributed by atoms with E-state index in [-0.39, 0.29) is 0 Å². The number of rotatable bonds is 1. The Balaban J connectivity index is 2.26. The zero-order valence-electron chi connectivity index (χ0n) is 7.27. The highest BCUT2D eigenvalue weighted by atomic mass is 14.3. The van der Waals surface area contributed by atoms with Gasteiger partial charge in [0.25, 0.3) is 0 Å². The van der Waals surface area contributed by atoms with Crippen molar-refractivity contribution < 1.29 is 0 Å². The summed E-state index contributed by atoms with van der Waals surface area (Å²) in [6, 6.07) is 0. The summed E-state index contributed by atoms with van der Waals surface area (Å²) in [5.74, 6) is 2.58. The Morgan fingerprint density at radius 2 is 1.70 bits per heavy atom. The van der Waals surface area contributed by atoms with Gasteiger partial charge in [0.05, 0.1) is 0 Å². The van der Waals surface area contributed by atoms with Crippen LogP contribution < -0.4 is 0 Å². The van der Waals surface area contributed by atoms with E-state index in [0.29, 0.717) is 5.92 Å².